The lowest BCUT2D eigenvalue weighted by molar-refractivity contribution is 0.407. The Kier molecular flexibility index (Phi) is 4.54. The van der Waals surface area contributed by atoms with Gasteiger partial charge in [-0.3, -0.25) is 14.6 Å². The van der Waals surface area contributed by atoms with Crippen molar-refractivity contribution >= 4 is 22.6 Å². The predicted octanol–water partition coefficient (Wildman–Crippen LogP) is 5.10. The van der Waals surface area contributed by atoms with Crippen molar-refractivity contribution in [3.63, 3.8) is 0 Å². The number of halogens is 1. The first kappa shape index (κ1) is 16.6. The van der Waals surface area contributed by atoms with Gasteiger partial charge in [0.05, 0.1) is 21.9 Å². The molecule has 1 aliphatic carbocycles. The van der Waals surface area contributed by atoms with Gasteiger partial charge < -0.3 is 0 Å². The van der Waals surface area contributed by atoms with Crippen LogP contribution in [-0.2, 0) is 0 Å². The summed E-state index contributed by atoms with van der Waals surface area (Å²) in [5, 5.41) is 3.85. The monoisotopic (exact) mass is 359 g/mol. The molecule has 1 unspecified atom stereocenters. The predicted molar refractivity (Wildman–Crippen MR) is 100 cm³/mol. The highest BCUT2D eigenvalue weighted by molar-refractivity contribution is 8.14. The van der Waals surface area contributed by atoms with Gasteiger partial charge in [-0.05, 0) is 37.5 Å². The molecule has 2 aromatic rings. The lowest BCUT2D eigenvalue weighted by Gasteiger charge is -2.23. The molecular formula is C19H22FN3OS. The van der Waals surface area contributed by atoms with Crippen molar-refractivity contribution in [1.82, 2.24) is 9.78 Å². The van der Waals surface area contributed by atoms with E-state index < -0.39 is 0 Å². The number of hydrogen-bond donors (Lipinski definition) is 1. The highest BCUT2D eigenvalue weighted by atomic mass is 32.2. The molecule has 0 radical (unpaired) electrons. The third-order valence-electron chi connectivity index (χ3n) is 5.11. The van der Waals surface area contributed by atoms with E-state index in [1.807, 2.05) is 11.6 Å². The van der Waals surface area contributed by atoms with Gasteiger partial charge in [0.25, 0.3) is 5.56 Å². The summed E-state index contributed by atoms with van der Waals surface area (Å²) in [6.07, 6.45) is 7.08. The fourth-order valence-electron chi connectivity index (χ4n) is 3.86. The quantitative estimate of drug-likeness (QED) is 0.759. The summed E-state index contributed by atoms with van der Waals surface area (Å²) in [4.78, 5) is 17.4. The van der Waals surface area contributed by atoms with E-state index in [-0.39, 0.29) is 16.6 Å². The number of nitrogens with zero attached hydrogens (tertiary/aromatic N) is 2. The summed E-state index contributed by atoms with van der Waals surface area (Å²) >= 11 is 1.56. The summed E-state index contributed by atoms with van der Waals surface area (Å²) in [6, 6.07) is 6.74. The number of fused-ring (bicyclic) bond motifs is 1. The Balaban J connectivity index is 1.79. The minimum absolute atomic E-state index is 0.0719. The van der Waals surface area contributed by atoms with E-state index in [4.69, 9.17) is 4.99 Å². The Morgan fingerprint density at radius 3 is 2.52 bits per heavy atom. The lowest BCUT2D eigenvalue weighted by Crippen LogP contribution is -2.13. The molecule has 2 heterocycles. The third-order valence-corrected chi connectivity index (χ3v) is 6.29. The molecule has 4 rings (SSSR count). The zero-order valence-electron chi connectivity index (χ0n) is 14.3. The van der Waals surface area contributed by atoms with Gasteiger partial charge in [0.1, 0.15) is 5.82 Å². The molecule has 4 nitrogen and oxygen atoms in total. The minimum atomic E-state index is -0.264. The normalized spacial score (nSPS) is 21.5. The van der Waals surface area contributed by atoms with Gasteiger partial charge in [-0.15, -0.1) is 0 Å². The molecule has 6 heteroatoms. The third kappa shape index (κ3) is 3.19. The van der Waals surface area contributed by atoms with E-state index in [1.54, 1.807) is 23.9 Å². The Morgan fingerprint density at radius 2 is 1.84 bits per heavy atom. The molecule has 25 heavy (non-hydrogen) atoms. The number of aromatic amines is 1. The Hall–Kier alpha value is -1.82. The second-order valence-electron chi connectivity index (χ2n) is 6.87. The van der Waals surface area contributed by atoms with E-state index in [9.17, 15) is 9.18 Å². The molecule has 1 atom stereocenters. The van der Waals surface area contributed by atoms with Crippen molar-refractivity contribution in [2.45, 2.75) is 56.7 Å². The maximum atomic E-state index is 13.3. The summed E-state index contributed by atoms with van der Waals surface area (Å²) in [7, 11) is 0. The fourth-order valence-corrected chi connectivity index (χ4v) is 4.97. The molecule has 2 aliphatic rings. The number of H-pyrrole nitrogens is 1. The smallest absolute Gasteiger partial charge is 0.268 e. The van der Waals surface area contributed by atoms with Crippen LogP contribution in [0.25, 0.3) is 0 Å². The van der Waals surface area contributed by atoms with Gasteiger partial charge in [-0.1, -0.05) is 49.6 Å². The SMILES string of the molecule is CC1=Nc2c(c(=O)[nH]n2C2CCCCCC2)C(c2ccc(F)cc2)S1. The van der Waals surface area contributed by atoms with Crippen LogP contribution < -0.4 is 5.56 Å². The molecular weight excluding hydrogens is 337 g/mol. The zero-order valence-corrected chi connectivity index (χ0v) is 15.1. The van der Waals surface area contributed by atoms with E-state index in [0.717, 1.165) is 29.3 Å². The van der Waals surface area contributed by atoms with Crippen LogP contribution in [0.5, 0.6) is 0 Å². The van der Waals surface area contributed by atoms with Crippen LogP contribution in [0.15, 0.2) is 34.1 Å². The van der Waals surface area contributed by atoms with Gasteiger partial charge in [-0.25, -0.2) is 9.38 Å². The number of aliphatic imine (C=N–C) groups is 1. The van der Waals surface area contributed by atoms with Crippen molar-refractivity contribution < 1.29 is 4.39 Å². The molecule has 1 aliphatic heterocycles. The molecule has 0 amide bonds. The summed E-state index contributed by atoms with van der Waals surface area (Å²) in [5.74, 6) is 0.502. The Bertz CT molecular complexity index is 845. The Morgan fingerprint density at radius 1 is 1.16 bits per heavy atom. The number of rotatable bonds is 2. The highest BCUT2D eigenvalue weighted by Crippen LogP contribution is 2.44. The van der Waals surface area contributed by atoms with Crippen LogP contribution in [0.3, 0.4) is 0 Å². The second-order valence-corrected chi connectivity index (χ2v) is 8.17. The van der Waals surface area contributed by atoms with Crippen LogP contribution in [0.1, 0.15) is 67.9 Å². The van der Waals surface area contributed by atoms with E-state index in [2.05, 4.69) is 5.10 Å². The van der Waals surface area contributed by atoms with Crippen LogP contribution >= 0.6 is 11.8 Å². The number of benzene rings is 1. The minimum Gasteiger partial charge on any atom is -0.268 e. The summed E-state index contributed by atoms with van der Waals surface area (Å²) < 4.78 is 15.3. The average molecular weight is 359 g/mol. The van der Waals surface area contributed by atoms with Gasteiger partial charge in [0.2, 0.25) is 0 Å². The van der Waals surface area contributed by atoms with Gasteiger partial charge in [0.15, 0.2) is 5.82 Å². The van der Waals surface area contributed by atoms with Crippen molar-refractivity contribution in [3.8, 4) is 0 Å². The number of thioether (sulfide) groups is 1. The molecule has 0 bridgehead atoms. The average Bonchev–Trinajstić information content (AvgIpc) is 2.78. The standard InChI is InChI=1S/C19H22FN3OS/c1-12-21-18-16(17(25-12)13-8-10-14(20)11-9-13)19(24)22-23(18)15-6-4-2-3-5-7-15/h8-11,15,17H,2-7H2,1H3,(H,22,24). The molecule has 1 aromatic heterocycles. The number of nitrogens with one attached hydrogen (secondary N) is 1. The van der Waals surface area contributed by atoms with Gasteiger partial charge in [0, 0.05) is 0 Å². The van der Waals surface area contributed by atoms with Crippen molar-refractivity contribution in [1.29, 1.82) is 0 Å². The molecule has 0 saturated heterocycles. The summed E-state index contributed by atoms with van der Waals surface area (Å²) in [6.45, 7) is 1.97. The van der Waals surface area contributed by atoms with Crippen LogP contribution in [0.2, 0.25) is 0 Å². The maximum Gasteiger partial charge on any atom is 0.271 e. The van der Waals surface area contributed by atoms with Crippen molar-refractivity contribution in [2.24, 2.45) is 4.99 Å². The first-order chi connectivity index (χ1) is 12.1. The number of hydrogen-bond acceptors (Lipinski definition) is 3. The first-order valence-corrected chi connectivity index (χ1v) is 9.83. The molecule has 1 saturated carbocycles. The van der Waals surface area contributed by atoms with E-state index in [0.29, 0.717) is 11.6 Å². The van der Waals surface area contributed by atoms with Crippen molar-refractivity contribution in [2.75, 3.05) is 0 Å². The molecule has 1 aromatic carbocycles. The largest absolute Gasteiger partial charge is 0.271 e. The lowest BCUT2D eigenvalue weighted by atomic mass is 10.1. The van der Waals surface area contributed by atoms with Gasteiger partial charge >= 0.3 is 0 Å². The van der Waals surface area contributed by atoms with Crippen LogP contribution in [0, 0.1) is 5.82 Å². The van der Waals surface area contributed by atoms with E-state index in [1.165, 1.54) is 37.8 Å². The second kappa shape index (κ2) is 6.83. The topological polar surface area (TPSA) is 50.1 Å². The van der Waals surface area contributed by atoms with Crippen LogP contribution in [-0.4, -0.2) is 14.8 Å². The molecule has 1 fully saturated rings. The Labute approximate surface area is 150 Å². The number of aromatic nitrogens is 2. The summed E-state index contributed by atoms with van der Waals surface area (Å²) in [5.41, 5.74) is 1.56. The van der Waals surface area contributed by atoms with Gasteiger partial charge in [-0.2, -0.15) is 0 Å². The van der Waals surface area contributed by atoms with E-state index >= 15 is 0 Å². The maximum absolute atomic E-state index is 13.3. The highest BCUT2D eigenvalue weighted by Gasteiger charge is 2.32. The zero-order chi connectivity index (χ0) is 17.4. The fraction of sp³-hybridized carbons (Fsp3) is 0.474. The molecule has 0 spiro atoms. The molecule has 1 N–H and O–H groups in total. The van der Waals surface area contributed by atoms with Crippen molar-refractivity contribution in [3.05, 3.63) is 51.6 Å². The first-order valence-electron chi connectivity index (χ1n) is 8.95. The molecule has 132 valence electrons. The van der Waals surface area contributed by atoms with Crippen LogP contribution in [0.4, 0.5) is 10.2 Å².